The second-order valence-electron chi connectivity index (χ2n) is 3.63. The average Bonchev–Trinajstić information content (AvgIpc) is 2.60. The molecular formula is C10H21NO2. The Morgan fingerprint density at radius 1 is 1.46 bits per heavy atom. The lowest BCUT2D eigenvalue weighted by Crippen LogP contribution is -2.34. The van der Waals surface area contributed by atoms with Gasteiger partial charge in [0, 0.05) is 19.2 Å². The molecule has 3 nitrogen and oxygen atoms in total. The highest BCUT2D eigenvalue weighted by Crippen LogP contribution is 2.15. The van der Waals surface area contributed by atoms with Gasteiger partial charge >= 0.3 is 0 Å². The summed E-state index contributed by atoms with van der Waals surface area (Å²) in [6, 6.07) is 0.394. The van der Waals surface area contributed by atoms with Gasteiger partial charge in [-0.3, -0.25) is 4.90 Å². The molecule has 1 unspecified atom stereocenters. The third kappa shape index (κ3) is 3.63. The molecule has 0 spiro atoms. The third-order valence-electron chi connectivity index (χ3n) is 2.58. The number of aliphatic hydroxyl groups excluding tert-OH is 1. The molecule has 1 rings (SSSR count). The zero-order chi connectivity index (χ0) is 9.52. The van der Waals surface area contributed by atoms with E-state index in [0.717, 1.165) is 39.1 Å². The van der Waals surface area contributed by atoms with Crippen LogP contribution in [0.15, 0.2) is 0 Å². The van der Waals surface area contributed by atoms with Gasteiger partial charge in [-0.1, -0.05) is 6.92 Å². The first-order valence-corrected chi connectivity index (χ1v) is 5.31. The predicted octanol–water partition coefficient (Wildman–Crippen LogP) is 0.870. The number of aliphatic hydroxyl groups is 1. The number of hydrogen-bond donors (Lipinski definition) is 1. The summed E-state index contributed by atoms with van der Waals surface area (Å²) in [5.74, 6) is 0. The minimum absolute atomic E-state index is 0.299. The van der Waals surface area contributed by atoms with Crippen LogP contribution in [0.3, 0.4) is 0 Å². The molecule has 1 saturated heterocycles. The molecule has 0 bridgehead atoms. The smallest absolute Gasteiger partial charge is 0.0593 e. The molecule has 78 valence electrons. The number of nitrogens with zero attached hydrogens (tertiary/aromatic N) is 1. The van der Waals surface area contributed by atoms with Gasteiger partial charge in [0.15, 0.2) is 0 Å². The second kappa shape index (κ2) is 6.35. The first-order chi connectivity index (χ1) is 6.38. The third-order valence-corrected chi connectivity index (χ3v) is 2.58. The van der Waals surface area contributed by atoms with Gasteiger partial charge in [-0.15, -0.1) is 0 Å². The summed E-state index contributed by atoms with van der Waals surface area (Å²) in [5, 5.41) is 9.06. The van der Waals surface area contributed by atoms with E-state index in [1.807, 2.05) is 0 Å². The topological polar surface area (TPSA) is 32.7 Å². The normalized spacial score (nSPS) is 24.0. The molecule has 1 N–H and O–H groups in total. The molecule has 13 heavy (non-hydrogen) atoms. The predicted molar refractivity (Wildman–Crippen MR) is 52.8 cm³/mol. The van der Waals surface area contributed by atoms with E-state index in [9.17, 15) is 0 Å². The van der Waals surface area contributed by atoms with E-state index < -0.39 is 0 Å². The van der Waals surface area contributed by atoms with Crippen LogP contribution >= 0.6 is 0 Å². The standard InChI is InChI=1S/C10H21NO2/c1-2-7-13-8-6-11-5-3-4-10(11)9-12/h10,12H,2-9H2,1H3. The molecule has 0 radical (unpaired) electrons. The Balaban J connectivity index is 2.06. The molecule has 1 fully saturated rings. The van der Waals surface area contributed by atoms with Crippen molar-refractivity contribution in [2.24, 2.45) is 0 Å². The summed E-state index contributed by atoms with van der Waals surface area (Å²) < 4.78 is 5.41. The zero-order valence-electron chi connectivity index (χ0n) is 8.54. The fraction of sp³-hybridized carbons (Fsp3) is 1.00. The molecule has 1 aliphatic rings. The molecule has 1 heterocycles. The van der Waals surface area contributed by atoms with Gasteiger partial charge in [0.2, 0.25) is 0 Å². The Morgan fingerprint density at radius 3 is 3.00 bits per heavy atom. The van der Waals surface area contributed by atoms with Crippen LogP contribution in [0.1, 0.15) is 26.2 Å². The van der Waals surface area contributed by atoms with Crippen molar-refractivity contribution < 1.29 is 9.84 Å². The number of likely N-dealkylation sites (tertiary alicyclic amines) is 1. The van der Waals surface area contributed by atoms with Gasteiger partial charge in [0.05, 0.1) is 13.2 Å². The summed E-state index contributed by atoms with van der Waals surface area (Å²) in [4.78, 5) is 2.33. The minimum atomic E-state index is 0.299. The van der Waals surface area contributed by atoms with Crippen LogP contribution < -0.4 is 0 Å². The van der Waals surface area contributed by atoms with Gasteiger partial charge in [-0.25, -0.2) is 0 Å². The lowest BCUT2D eigenvalue weighted by Gasteiger charge is -2.22. The van der Waals surface area contributed by atoms with Crippen LogP contribution in [0.25, 0.3) is 0 Å². The van der Waals surface area contributed by atoms with Crippen molar-refractivity contribution in [2.75, 3.05) is 32.9 Å². The minimum Gasteiger partial charge on any atom is -0.395 e. The van der Waals surface area contributed by atoms with E-state index in [2.05, 4.69) is 11.8 Å². The number of ether oxygens (including phenoxy) is 1. The Bertz CT molecular complexity index is 130. The molecule has 0 amide bonds. The Kier molecular flexibility index (Phi) is 5.35. The molecule has 3 heteroatoms. The lowest BCUT2D eigenvalue weighted by molar-refractivity contribution is 0.0856. The van der Waals surface area contributed by atoms with Gasteiger partial charge in [-0.2, -0.15) is 0 Å². The summed E-state index contributed by atoms with van der Waals surface area (Å²) in [5.41, 5.74) is 0. The summed E-state index contributed by atoms with van der Waals surface area (Å²) in [7, 11) is 0. The quantitative estimate of drug-likeness (QED) is 0.626. The number of rotatable bonds is 6. The lowest BCUT2D eigenvalue weighted by atomic mass is 10.2. The van der Waals surface area contributed by atoms with E-state index in [4.69, 9.17) is 9.84 Å². The largest absolute Gasteiger partial charge is 0.395 e. The van der Waals surface area contributed by atoms with Crippen molar-refractivity contribution >= 4 is 0 Å². The van der Waals surface area contributed by atoms with Gasteiger partial charge in [-0.05, 0) is 25.8 Å². The molecular weight excluding hydrogens is 166 g/mol. The molecule has 0 aromatic carbocycles. The van der Waals surface area contributed by atoms with E-state index in [1.165, 1.54) is 6.42 Å². The van der Waals surface area contributed by atoms with Gasteiger partial charge < -0.3 is 9.84 Å². The first kappa shape index (κ1) is 11.0. The van der Waals surface area contributed by atoms with Crippen LogP contribution in [0.5, 0.6) is 0 Å². The van der Waals surface area contributed by atoms with Crippen molar-refractivity contribution in [1.82, 2.24) is 4.90 Å². The monoisotopic (exact) mass is 187 g/mol. The molecule has 1 atom stereocenters. The van der Waals surface area contributed by atoms with E-state index >= 15 is 0 Å². The fourth-order valence-corrected chi connectivity index (χ4v) is 1.82. The number of hydrogen-bond acceptors (Lipinski definition) is 3. The fourth-order valence-electron chi connectivity index (χ4n) is 1.82. The van der Waals surface area contributed by atoms with Crippen LogP contribution in [0.4, 0.5) is 0 Å². The molecule has 1 aliphatic heterocycles. The summed E-state index contributed by atoms with van der Waals surface area (Å²) in [6.45, 7) is 6.19. The molecule has 0 aliphatic carbocycles. The van der Waals surface area contributed by atoms with Crippen LogP contribution in [0.2, 0.25) is 0 Å². The second-order valence-corrected chi connectivity index (χ2v) is 3.63. The van der Waals surface area contributed by atoms with Crippen molar-refractivity contribution in [3.63, 3.8) is 0 Å². The highest BCUT2D eigenvalue weighted by atomic mass is 16.5. The van der Waals surface area contributed by atoms with Crippen molar-refractivity contribution in [3.05, 3.63) is 0 Å². The summed E-state index contributed by atoms with van der Waals surface area (Å²) >= 11 is 0. The van der Waals surface area contributed by atoms with E-state index in [1.54, 1.807) is 0 Å². The van der Waals surface area contributed by atoms with Crippen molar-refractivity contribution in [1.29, 1.82) is 0 Å². The van der Waals surface area contributed by atoms with Gasteiger partial charge in [0.25, 0.3) is 0 Å². The van der Waals surface area contributed by atoms with Crippen LogP contribution in [-0.4, -0.2) is 49.0 Å². The Morgan fingerprint density at radius 2 is 2.31 bits per heavy atom. The SMILES string of the molecule is CCCOCCN1CCCC1CO. The average molecular weight is 187 g/mol. The van der Waals surface area contributed by atoms with Crippen LogP contribution in [-0.2, 0) is 4.74 Å². The maximum atomic E-state index is 9.06. The molecule has 0 aromatic rings. The highest BCUT2D eigenvalue weighted by molar-refractivity contribution is 4.77. The summed E-state index contributed by atoms with van der Waals surface area (Å²) in [6.07, 6.45) is 3.45. The zero-order valence-corrected chi connectivity index (χ0v) is 8.54. The van der Waals surface area contributed by atoms with Crippen molar-refractivity contribution in [2.45, 2.75) is 32.2 Å². The maximum absolute atomic E-state index is 9.06. The highest BCUT2D eigenvalue weighted by Gasteiger charge is 2.22. The van der Waals surface area contributed by atoms with Crippen molar-refractivity contribution in [3.8, 4) is 0 Å². The Labute approximate surface area is 80.7 Å². The van der Waals surface area contributed by atoms with E-state index in [0.29, 0.717) is 12.6 Å². The molecule has 0 aromatic heterocycles. The molecule has 0 saturated carbocycles. The first-order valence-electron chi connectivity index (χ1n) is 5.31. The van der Waals surface area contributed by atoms with Gasteiger partial charge in [0.1, 0.15) is 0 Å². The Hall–Kier alpha value is -0.120. The van der Waals surface area contributed by atoms with E-state index in [-0.39, 0.29) is 0 Å². The van der Waals surface area contributed by atoms with Crippen LogP contribution in [0, 0.1) is 0 Å². The maximum Gasteiger partial charge on any atom is 0.0593 e.